The van der Waals surface area contributed by atoms with Crippen molar-refractivity contribution in [3.8, 4) is 6.07 Å². The second kappa shape index (κ2) is 4.74. The molecule has 0 spiro atoms. The first-order chi connectivity index (χ1) is 8.90. The molecule has 0 aliphatic heterocycles. The van der Waals surface area contributed by atoms with Crippen LogP contribution < -0.4 is 16.4 Å². The van der Waals surface area contributed by atoms with Crippen molar-refractivity contribution in [2.75, 3.05) is 18.1 Å². The molecule has 0 saturated heterocycles. The summed E-state index contributed by atoms with van der Waals surface area (Å²) < 4.78 is 0. The van der Waals surface area contributed by atoms with E-state index in [9.17, 15) is 10.1 Å². The van der Waals surface area contributed by atoms with Crippen LogP contribution in [-0.4, -0.2) is 18.5 Å². The zero-order valence-corrected chi connectivity index (χ0v) is 12.1. The summed E-state index contributed by atoms with van der Waals surface area (Å²) in [6.45, 7) is 4.22. The number of nitrogen functional groups attached to an aromatic ring is 1. The van der Waals surface area contributed by atoms with E-state index < -0.39 is 0 Å². The van der Waals surface area contributed by atoms with Gasteiger partial charge < -0.3 is 16.4 Å². The maximum absolute atomic E-state index is 11.7. The molecule has 1 heterocycles. The number of carbonyl (C=O) groups is 1. The average molecular weight is 278 g/mol. The van der Waals surface area contributed by atoms with Crippen LogP contribution in [-0.2, 0) is 0 Å². The van der Waals surface area contributed by atoms with Gasteiger partial charge in [0.1, 0.15) is 21.5 Å². The number of nitrogens with one attached hydrogen (secondary N) is 2. The van der Waals surface area contributed by atoms with Gasteiger partial charge in [0.2, 0.25) is 0 Å². The second-order valence-electron chi connectivity index (χ2n) is 5.36. The number of thiophene rings is 1. The lowest BCUT2D eigenvalue weighted by molar-refractivity contribution is 0.0968. The van der Waals surface area contributed by atoms with Gasteiger partial charge in [-0.3, -0.25) is 4.79 Å². The van der Waals surface area contributed by atoms with E-state index in [1.54, 1.807) is 7.05 Å². The summed E-state index contributed by atoms with van der Waals surface area (Å²) >= 11 is 1.24. The van der Waals surface area contributed by atoms with Gasteiger partial charge in [0, 0.05) is 12.6 Å². The summed E-state index contributed by atoms with van der Waals surface area (Å²) in [6, 6.07) is 2.09. The van der Waals surface area contributed by atoms with Crippen LogP contribution in [0.25, 0.3) is 0 Å². The van der Waals surface area contributed by atoms with Crippen LogP contribution in [0.2, 0.25) is 0 Å². The number of nitrogens with two attached hydrogens (primary N) is 1. The molecule has 2 rings (SSSR count). The Morgan fingerprint density at radius 2 is 2.16 bits per heavy atom. The van der Waals surface area contributed by atoms with Gasteiger partial charge >= 0.3 is 0 Å². The van der Waals surface area contributed by atoms with Crippen LogP contribution >= 0.6 is 11.3 Å². The Morgan fingerprint density at radius 3 is 2.63 bits per heavy atom. The van der Waals surface area contributed by atoms with Gasteiger partial charge in [0.15, 0.2) is 0 Å². The number of hydrogen-bond donors (Lipinski definition) is 3. The standard InChI is InChI=1S/C13H18N4OS/c1-13(2,7-4-5-7)17-12-8(6-14)9(15)10(19-12)11(18)16-3/h7,17H,4-5,15H2,1-3H3,(H,16,18). The lowest BCUT2D eigenvalue weighted by Crippen LogP contribution is -2.33. The molecule has 1 saturated carbocycles. The Labute approximate surface area is 116 Å². The van der Waals surface area contributed by atoms with E-state index in [0.29, 0.717) is 21.4 Å². The number of anilines is 2. The van der Waals surface area contributed by atoms with Gasteiger partial charge in [-0.25, -0.2) is 0 Å². The average Bonchev–Trinajstić information content (AvgIpc) is 3.15. The fraction of sp³-hybridized carbons (Fsp3) is 0.538. The van der Waals surface area contributed by atoms with E-state index in [-0.39, 0.29) is 17.1 Å². The van der Waals surface area contributed by atoms with Crippen molar-refractivity contribution in [1.29, 1.82) is 5.26 Å². The molecule has 1 fully saturated rings. The predicted octanol–water partition coefficient (Wildman–Crippen LogP) is 2.16. The summed E-state index contributed by atoms with van der Waals surface area (Å²) in [7, 11) is 1.55. The first kappa shape index (κ1) is 13.7. The van der Waals surface area contributed by atoms with Crippen molar-refractivity contribution in [1.82, 2.24) is 5.32 Å². The van der Waals surface area contributed by atoms with Crippen LogP contribution in [0.3, 0.4) is 0 Å². The third-order valence-corrected chi connectivity index (χ3v) is 4.64. The largest absolute Gasteiger partial charge is 0.396 e. The van der Waals surface area contributed by atoms with E-state index in [2.05, 4.69) is 30.6 Å². The Balaban J connectivity index is 2.35. The number of nitriles is 1. The van der Waals surface area contributed by atoms with Gasteiger partial charge in [0.25, 0.3) is 5.91 Å². The molecular formula is C13H18N4OS. The highest BCUT2D eigenvalue weighted by molar-refractivity contribution is 7.19. The maximum Gasteiger partial charge on any atom is 0.263 e. The van der Waals surface area contributed by atoms with Crippen LogP contribution in [0.4, 0.5) is 10.7 Å². The van der Waals surface area contributed by atoms with E-state index >= 15 is 0 Å². The summed E-state index contributed by atoms with van der Waals surface area (Å²) in [5.74, 6) is 0.363. The molecule has 1 aromatic heterocycles. The van der Waals surface area contributed by atoms with Gasteiger partial charge in [0.05, 0.1) is 5.69 Å². The Morgan fingerprint density at radius 1 is 1.53 bits per heavy atom. The molecule has 0 aromatic carbocycles. The maximum atomic E-state index is 11.7. The first-order valence-corrected chi connectivity index (χ1v) is 7.05. The third-order valence-electron chi connectivity index (χ3n) is 3.52. The first-order valence-electron chi connectivity index (χ1n) is 6.23. The molecule has 6 heteroatoms. The van der Waals surface area contributed by atoms with Crippen molar-refractivity contribution in [2.45, 2.75) is 32.2 Å². The summed E-state index contributed by atoms with van der Waals surface area (Å²) in [4.78, 5) is 12.1. The van der Waals surface area contributed by atoms with Gasteiger partial charge in [-0.2, -0.15) is 5.26 Å². The summed E-state index contributed by atoms with van der Waals surface area (Å²) in [6.07, 6.45) is 2.40. The molecule has 1 amide bonds. The highest BCUT2D eigenvalue weighted by atomic mass is 32.1. The molecule has 0 radical (unpaired) electrons. The monoisotopic (exact) mass is 278 g/mol. The van der Waals surface area contributed by atoms with Crippen LogP contribution in [0.15, 0.2) is 0 Å². The Hall–Kier alpha value is -1.74. The molecule has 1 aliphatic carbocycles. The van der Waals surface area contributed by atoms with E-state index in [4.69, 9.17) is 5.73 Å². The van der Waals surface area contributed by atoms with Crippen molar-refractivity contribution in [3.05, 3.63) is 10.4 Å². The molecule has 0 unspecified atom stereocenters. The second-order valence-corrected chi connectivity index (χ2v) is 6.38. The highest BCUT2D eigenvalue weighted by Gasteiger charge is 2.38. The fourth-order valence-electron chi connectivity index (χ4n) is 2.12. The molecule has 1 aromatic rings. The lowest BCUT2D eigenvalue weighted by Gasteiger charge is -2.26. The Bertz CT molecular complexity index is 552. The number of nitrogens with zero attached hydrogens (tertiary/aromatic N) is 1. The van der Waals surface area contributed by atoms with Crippen LogP contribution in [0.1, 0.15) is 41.9 Å². The third kappa shape index (κ3) is 2.51. The normalized spacial score (nSPS) is 14.8. The Kier molecular flexibility index (Phi) is 3.42. The van der Waals surface area contributed by atoms with Crippen LogP contribution in [0, 0.1) is 17.2 Å². The molecule has 0 atom stereocenters. The van der Waals surface area contributed by atoms with Gasteiger partial charge in [-0.15, -0.1) is 11.3 Å². The molecule has 1 aliphatic rings. The zero-order chi connectivity index (χ0) is 14.2. The van der Waals surface area contributed by atoms with Gasteiger partial charge in [-0.1, -0.05) is 0 Å². The summed E-state index contributed by atoms with van der Waals surface area (Å²) in [5.41, 5.74) is 6.45. The van der Waals surface area contributed by atoms with E-state index in [0.717, 1.165) is 0 Å². The molecule has 102 valence electrons. The predicted molar refractivity (Wildman–Crippen MR) is 77.3 cm³/mol. The molecular weight excluding hydrogens is 260 g/mol. The fourth-order valence-corrected chi connectivity index (χ4v) is 3.31. The number of amides is 1. The van der Waals surface area contributed by atoms with Crippen molar-refractivity contribution >= 4 is 27.9 Å². The number of rotatable bonds is 4. The lowest BCUT2D eigenvalue weighted by atomic mass is 9.99. The highest BCUT2D eigenvalue weighted by Crippen LogP contribution is 2.44. The minimum atomic E-state index is -0.253. The van der Waals surface area contributed by atoms with Crippen LogP contribution in [0.5, 0.6) is 0 Å². The minimum absolute atomic E-state index is 0.0805. The SMILES string of the molecule is CNC(=O)c1sc(NC(C)(C)C2CC2)c(C#N)c1N. The number of carbonyl (C=O) groups excluding carboxylic acids is 1. The van der Waals surface area contributed by atoms with E-state index in [1.165, 1.54) is 24.2 Å². The number of hydrogen-bond acceptors (Lipinski definition) is 5. The minimum Gasteiger partial charge on any atom is -0.396 e. The molecule has 19 heavy (non-hydrogen) atoms. The topological polar surface area (TPSA) is 90.9 Å². The van der Waals surface area contributed by atoms with Crippen molar-refractivity contribution in [3.63, 3.8) is 0 Å². The quantitative estimate of drug-likeness (QED) is 0.787. The zero-order valence-electron chi connectivity index (χ0n) is 11.3. The van der Waals surface area contributed by atoms with E-state index in [1.807, 2.05) is 0 Å². The van der Waals surface area contributed by atoms with Crippen molar-refractivity contribution < 1.29 is 4.79 Å². The molecule has 5 nitrogen and oxygen atoms in total. The molecule has 0 bridgehead atoms. The smallest absolute Gasteiger partial charge is 0.263 e. The molecule has 4 N–H and O–H groups in total. The van der Waals surface area contributed by atoms with Gasteiger partial charge in [-0.05, 0) is 32.6 Å². The van der Waals surface area contributed by atoms with Crippen molar-refractivity contribution in [2.24, 2.45) is 5.92 Å². The summed E-state index contributed by atoms with van der Waals surface area (Å²) in [5, 5.41) is 15.8.